The largest absolute Gasteiger partial charge is 0.455 e. The van der Waals surface area contributed by atoms with Crippen LogP contribution in [0.2, 0.25) is 0 Å². The monoisotopic (exact) mass is 339 g/mol. The minimum absolute atomic E-state index is 0.169. The molecule has 0 bridgehead atoms. The third kappa shape index (κ3) is 6.07. The predicted molar refractivity (Wildman–Crippen MR) is 97.9 cm³/mol. The Morgan fingerprint density at radius 2 is 1.40 bits per heavy atom. The summed E-state index contributed by atoms with van der Waals surface area (Å²) in [6.45, 7) is 6.16. The second-order valence-electron chi connectivity index (χ2n) is 6.96. The third-order valence-corrected chi connectivity index (χ3v) is 3.84. The third-order valence-electron chi connectivity index (χ3n) is 3.84. The van der Waals surface area contributed by atoms with Crippen LogP contribution in [0.15, 0.2) is 60.7 Å². The fourth-order valence-corrected chi connectivity index (χ4v) is 2.50. The molecule has 0 N–H and O–H groups in total. The van der Waals surface area contributed by atoms with Crippen molar-refractivity contribution in [3.8, 4) is 0 Å². The van der Waals surface area contributed by atoms with E-state index >= 15 is 0 Å². The number of carbonyl (C=O) groups is 2. The topological polar surface area (TPSA) is 46.6 Å². The van der Waals surface area contributed by atoms with Crippen LogP contribution >= 0.6 is 0 Å². The molecule has 1 amide bonds. The molecule has 4 nitrogen and oxygen atoms in total. The number of hydrogen-bond acceptors (Lipinski definition) is 3. The summed E-state index contributed by atoms with van der Waals surface area (Å²) >= 11 is 0. The normalized spacial score (nSPS) is 11.0. The van der Waals surface area contributed by atoms with E-state index in [0.717, 1.165) is 11.1 Å². The van der Waals surface area contributed by atoms with Gasteiger partial charge in [0.1, 0.15) is 0 Å². The number of carbonyl (C=O) groups excluding carboxylic acids is 2. The minimum Gasteiger partial charge on any atom is -0.455 e. The molecule has 0 aliphatic rings. The smallest absolute Gasteiger partial charge is 0.310 e. The first-order valence-electron chi connectivity index (χ1n) is 8.40. The molecule has 25 heavy (non-hydrogen) atoms. The van der Waals surface area contributed by atoms with Gasteiger partial charge in [-0.3, -0.25) is 9.59 Å². The van der Waals surface area contributed by atoms with Crippen LogP contribution in [0.1, 0.15) is 31.9 Å². The molecule has 0 aliphatic carbocycles. The van der Waals surface area contributed by atoms with Crippen LogP contribution in [0.5, 0.6) is 0 Å². The Bertz CT molecular complexity index is 690. The molecular formula is C21H25NO3. The van der Waals surface area contributed by atoms with Gasteiger partial charge < -0.3 is 9.64 Å². The maximum atomic E-state index is 12.6. The molecule has 132 valence electrons. The molecule has 0 aromatic heterocycles. The summed E-state index contributed by atoms with van der Waals surface area (Å²) in [7, 11) is 0. The van der Waals surface area contributed by atoms with E-state index in [1.54, 1.807) is 4.90 Å². The Kier molecular flexibility index (Phi) is 6.34. The standard InChI is InChI=1S/C21H25NO3/c1-21(2,3)22(15-18-12-8-5-9-13-18)19(23)16-25-20(24)14-17-10-6-4-7-11-17/h4-13H,14-16H2,1-3H3. The van der Waals surface area contributed by atoms with E-state index in [9.17, 15) is 9.59 Å². The molecule has 0 saturated heterocycles. The summed E-state index contributed by atoms with van der Waals surface area (Å²) in [5.41, 5.74) is 1.55. The van der Waals surface area contributed by atoms with Gasteiger partial charge in [-0.15, -0.1) is 0 Å². The van der Waals surface area contributed by atoms with E-state index in [1.165, 1.54) is 0 Å². The van der Waals surface area contributed by atoms with Gasteiger partial charge in [0.2, 0.25) is 0 Å². The maximum absolute atomic E-state index is 12.6. The molecule has 0 saturated carbocycles. The van der Waals surface area contributed by atoms with Crippen molar-refractivity contribution in [1.29, 1.82) is 0 Å². The van der Waals surface area contributed by atoms with Crippen LogP contribution < -0.4 is 0 Å². The Morgan fingerprint density at radius 3 is 1.92 bits per heavy atom. The molecule has 0 heterocycles. The van der Waals surface area contributed by atoms with Crippen molar-refractivity contribution < 1.29 is 14.3 Å². The highest BCUT2D eigenvalue weighted by Crippen LogP contribution is 2.18. The summed E-state index contributed by atoms with van der Waals surface area (Å²) in [6, 6.07) is 19.1. The summed E-state index contributed by atoms with van der Waals surface area (Å²) in [5.74, 6) is -0.592. The van der Waals surface area contributed by atoms with Crippen molar-refractivity contribution in [2.24, 2.45) is 0 Å². The Morgan fingerprint density at radius 1 is 0.880 bits per heavy atom. The maximum Gasteiger partial charge on any atom is 0.310 e. The average Bonchev–Trinajstić information content (AvgIpc) is 2.58. The summed E-state index contributed by atoms with van der Waals surface area (Å²) in [4.78, 5) is 26.3. The van der Waals surface area contributed by atoms with Gasteiger partial charge in [-0.25, -0.2) is 0 Å². The van der Waals surface area contributed by atoms with Gasteiger partial charge in [0.25, 0.3) is 5.91 Å². The number of benzene rings is 2. The zero-order chi connectivity index (χ0) is 18.3. The first kappa shape index (κ1) is 18.7. The lowest BCUT2D eigenvalue weighted by atomic mass is 10.0. The molecule has 0 fully saturated rings. The molecule has 2 aromatic carbocycles. The van der Waals surface area contributed by atoms with E-state index in [2.05, 4.69) is 0 Å². The lowest BCUT2D eigenvalue weighted by molar-refractivity contribution is -0.154. The van der Waals surface area contributed by atoms with Crippen molar-refractivity contribution >= 4 is 11.9 Å². The van der Waals surface area contributed by atoms with E-state index in [4.69, 9.17) is 4.74 Å². The van der Waals surface area contributed by atoms with E-state index < -0.39 is 5.97 Å². The summed E-state index contributed by atoms with van der Waals surface area (Å²) in [6.07, 6.45) is 0.169. The fraction of sp³-hybridized carbons (Fsp3) is 0.333. The molecule has 0 spiro atoms. The number of hydrogen-bond donors (Lipinski definition) is 0. The van der Waals surface area contributed by atoms with E-state index in [0.29, 0.717) is 6.54 Å². The first-order chi connectivity index (χ1) is 11.9. The van der Waals surface area contributed by atoms with Gasteiger partial charge >= 0.3 is 5.97 Å². The zero-order valence-electron chi connectivity index (χ0n) is 15.1. The number of nitrogens with zero attached hydrogens (tertiary/aromatic N) is 1. The molecule has 0 unspecified atom stereocenters. The minimum atomic E-state index is -0.395. The lowest BCUT2D eigenvalue weighted by Gasteiger charge is -2.35. The molecule has 2 aromatic rings. The molecule has 2 rings (SSSR count). The van der Waals surface area contributed by atoms with Gasteiger partial charge in [0.05, 0.1) is 6.42 Å². The second-order valence-corrected chi connectivity index (χ2v) is 6.96. The SMILES string of the molecule is CC(C)(C)N(Cc1ccccc1)C(=O)COC(=O)Cc1ccccc1. The number of esters is 1. The average molecular weight is 339 g/mol. The van der Waals surface area contributed by atoms with Gasteiger partial charge in [-0.2, -0.15) is 0 Å². The zero-order valence-corrected chi connectivity index (χ0v) is 15.1. The molecule has 0 atom stereocenters. The van der Waals surface area contributed by atoms with Crippen molar-refractivity contribution in [3.63, 3.8) is 0 Å². The number of ether oxygens (including phenoxy) is 1. The quantitative estimate of drug-likeness (QED) is 0.756. The highest BCUT2D eigenvalue weighted by molar-refractivity contribution is 5.81. The van der Waals surface area contributed by atoms with Gasteiger partial charge in [0.15, 0.2) is 6.61 Å². The second kappa shape index (κ2) is 8.47. The van der Waals surface area contributed by atoms with Crippen molar-refractivity contribution in [2.75, 3.05) is 6.61 Å². The molecule has 0 aliphatic heterocycles. The Balaban J connectivity index is 1.94. The molecular weight excluding hydrogens is 314 g/mol. The van der Waals surface area contributed by atoms with Gasteiger partial charge in [-0.05, 0) is 31.9 Å². The van der Waals surface area contributed by atoms with Crippen LogP contribution in [-0.2, 0) is 27.3 Å². The Labute approximate surface area is 149 Å². The highest BCUT2D eigenvalue weighted by atomic mass is 16.5. The molecule has 4 heteroatoms. The van der Waals surface area contributed by atoms with Crippen LogP contribution in [0.25, 0.3) is 0 Å². The highest BCUT2D eigenvalue weighted by Gasteiger charge is 2.27. The van der Waals surface area contributed by atoms with E-state index in [-0.39, 0.29) is 24.5 Å². The Hall–Kier alpha value is -2.62. The van der Waals surface area contributed by atoms with Gasteiger partial charge in [0, 0.05) is 12.1 Å². The summed E-state index contributed by atoms with van der Waals surface area (Å²) in [5, 5.41) is 0. The molecule has 0 radical (unpaired) electrons. The van der Waals surface area contributed by atoms with Crippen LogP contribution in [0.4, 0.5) is 0 Å². The first-order valence-corrected chi connectivity index (χ1v) is 8.40. The van der Waals surface area contributed by atoms with E-state index in [1.807, 2.05) is 81.4 Å². The lowest BCUT2D eigenvalue weighted by Crippen LogP contribution is -2.46. The fourth-order valence-electron chi connectivity index (χ4n) is 2.50. The van der Waals surface area contributed by atoms with Crippen LogP contribution in [0.3, 0.4) is 0 Å². The summed E-state index contributed by atoms with van der Waals surface area (Å²) < 4.78 is 5.19. The predicted octanol–water partition coefficient (Wildman–Crippen LogP) is 3.60. The van der Waals surface area contributed by atoms with Gasteiger partial charge in [-0.1, -0.05) is 60.7 Å². The van der Waals surface area contributed by atoms with Crippen molar-refractivity contribution in [2.45, 2.75) is 39.3 Å². The van der Waals surface area contributed by atoms with Crippen molar-refractivity contribution in [1.82, 2.24) is 4.90 Å². The van der Waals surface area contributed by atoms with Crippen LogP contribution in [-0.4, -0.2) is 28.9 Å². The van der Waals surface area contributed by atoms with Crippen molar-refractivity contribution in [3.05, 3.63) is 71.8 Å². The number of rotatable bonds is 6. The van der Waals surface area contributed by atoms with Crippen LogP contribution in [0, 0.1) is 0 Å². The number of amides is 1.